The van der Waals surface area contributed by atoms with Crippen molar-refractivity contribution in [1.29, 1.82) is 5.26 Å². The van der Waals surface area contributed by atoms with Gasteiger partial charge in [0.25, 0.3) is 5.56 Å². The molecule has 0 bridgehead atoms. The average Bonchev–Trinajstić information content (AvgIpc) is 2.62. The quantitative estimate of drug-likeness (QED) is 0.576. The Morgan fingerprint density at radius 3 is 2.54 bits per heavy atom. The molecule has 0 aliphatic carbocycles. The summed E-state index contributed by atoms with van der Waals surface area (Å²) in [5.74, 6) is 0.540. The van der Waals surface area contributed by atoms with Crippen LogP contribution in [0.3, 0.4) is 0 Å². The number of thioether (sulfide) groups is 1. The summed E-state index contributed by atoms with van der Waals surface area (Å²) in [6, 6.07) is 10.7. The highest BCUT2D eigenvalue weighted by molar-refractivity contribution is 7.98. The van der Waals surface area contributed by atoms with Crippen LogP contribution in [-0.2, 0) is 0 Å². The van der Waals surface area contributed by atoms with Crippen LogP contribution in [0.25, 0.3) is 11.3 Å². The molecule has 7 nitrogen and oxygen atoms in total. The lowest BCUT2D eigenvalue weighted by Crippen LogP contribution is -2.14. The predicted molar refractivity (Wildman–Crippen MR) is 88.9 cm³/mol. The molecule has 3 rings (SSSR count). The maximum atomic E-state index is 12.0. The molecule has 24 heavy (non-hydrogen) atoms. The van der Waals surface area contributed by atoms with E-state index in [9.17, 15) is 10.1 Å². The fourth-order valence-corrected chi connectivity index (χ4v) is 2.36. The molecule has 0 amide bonds. The molecule has 1 aromatic carbocycles. The van der Waals surface area contributed by atoms with Crippen LogP contribution in [0.15, 0.2) is 52.7 Å². The van der Waals surface area contributed by atoms with Gasteiger partial charge in [0, 0.05) is 18.0 Å². The van der Waals surface area contributed by atoms with Gasteiger partial charge < -0.3 is 9.72 Å². The molecule has 0 saturated carbocycles. The number of nitriles is 1. The molecule has 0 fully saturated rings. The van der Waals surface area contributed by atoms with Crippen LogP contribution in [-0.4, -0.2) is 26.2 Å². The number of nitrogens with one attached hydrogen (secondary N) is 1. The third-order valence-corrected chi connectivity index (χ3v) is 3.66. The Hall–Kier alpha value is -3.18. The molecule has 0 atom stereocenters. The SMILES string of the molecule is CSc1nc(-c2ccc(Oc3ncccn3)cc2)c(C#N)c(=O)[nH]1. The first kappa shape index (κ1) is 15.7. The monoisotopic (exact) mass is 337 g/mol. The number of benzene rings is 1. The Balaban J connectivity index is 1.95. The molecule has 0 radical (unpaired) electrons. The van der Waals surface area contributed by atoms with Crippen molar-refractivity contribution < 1.29 is 4.74 Å². The molecule has 2 aromatic heterocycles. The molecule has 2 heterocycles. The number of H-pyrrole nitrogens is 1. The van der Waals surface area contributed by atoms with Gasteiger partial charge in [0.15, 0.2) is 5.16 Å². The Bertz CT molecular complexity index is 949. The Morgan fingerprint density at radius 2 is 1.92 bits per heavy atom. The minimum atomic E-state index is -0.454. The Morgan fingerprint density at radius 1 is 1.21 bits per heavy atom. The first-order chi connectivity index (χ1) is 11.7. The van der Waals surface area contributed by atoms with Crippen LogP contribution >= 0.6 is 11.8 Å². The molecule has 0 saturated heterocycles. The minimum Gasteiger partial charge on any atom is -0.424 e. The molecular weight excluding hydrogens is 326 g/mol. The van der Waals surface area contributed by atoms with Crippen LogP contribution in [0.4, 0.5) is 0 Å². The van der Waals surface area contributed by atoms with Crippen molar-refractivity contribution >= 4 is 11.8 Å². The molecule has 0 aliphatic rings. The zero-order valence-corrected chi connectivity index (χ0v) is 13.4. The summed E-state index contributed by atoms with van der Waals surface area (Å²) in [5.41, 5.74) is 0.514. The zero-order chi connectivity index (χ0) is 16.9. The van der Waals surface area contributed by atoms with E-state index >= 15 is 0 Å². The van der Waals surface area contributed by atoms with Gasteiger partial charge in [0.05, 0.1) is 5.69 Å². The summed E-state index contributed by atoms with van der Waals surface area (Å²) in [5, 5.41) is 9.67. The van der Waals surface area contributed by atoms with Crippen molar-refractivity contribution in [2.75, 3.05) is 6.26 Å². The Kier molecular flexibility index (Phi) is 4.54. The molecule has 0 aliphatic heterocycles. The largest absolute Gasteiger partial charge is 0.424 e. The van der Waals surface area contributed by atoms with E-state index in [1.165, 1.54) is 11.8 Å². The van der Waals surface area contributed by atoms with Crippen molar-refractivity contribution in [1.82, 2.24) is 19.9 Å². The second kappa shape index (κ2) is 6.93. The van der Waals surface area contributed by atoms with Crippen molar-refractivity contribution in [3.05, 3.63) is 58.6 Å². The highest BCUT2D eigenvalue weighted by Gasteiger charge is 2.13. The highest BCUT2D eigenvalue weighted by atomic mass is 32.2. The van der Waals surface area contributed by atoms with E-state index < -0.39 is 5.56 Å². The standard InChI is InChI=1S/C16H11N5O2S/c1-24-16-20-13(12(9-17)14(22)21-16)10-3-5-11(6-4-10)23-15-18-7-2-8-19-15/h2-8H,1H3,(H,20,21,22). The van der Waals surface area contributed by atoms with Crippen LogP contribution in [0.2, 0.25) is 0 Å². The van der Waals surface area contributed by atoms with Gasteiger partial charge >= 0.3 is 6.01 Å². The summed E-state index contributed by atoms with van der Waals surface area (Å²) >= 11 is 1.30. The van der Waals surface area contributed by atoms with E-state index in [1.54, 1.807) is 49.0 Å². The lowest BCUT2D eigenvalue weighted by atomic mass is 10.1. The highest BCUT2D eigenvalue weighted by Crippen LogP contribution is 2.25. The summed E-state index contributed by atoms with van der Waals surface area (Å²) < 4.78 is 5.51. The normalized spacial score (nSPS) is 10.2. The van der Waals surface area contributed by atoms with Crippen LogP contribution in [0, 0.1) is 11.3 Å². The summed E-state index contributed by atoms with van der Waals surface area (Å²) in [6.07, 6.45) is 4.96. The van der Waals surface area contributed by atoms with Crippen molar-refractivity contribution in [3.63, 3.8) is 0 Å². The topological polar surface area (TPSA) is 105 Å². The van der Waals surface area contributed by atoms with Crippen molar-refractivity contribution in [3.8, 4) is 29.1 Å². The van der Waals surface area contributed by atoms with Crippen molar-refractivity contribution in [2.24, 2.45) is 0 Å². The van der Waals surface area contributed by atoms with E-state index in [-0.39, 0.29) is 11.6 Å². The average molecular weight is 337 g/mol. The fraction of sp³-hybridized carbons (Fsp3) is 0.0625. The van der Waals surface area contributed by atoms with Crippen LogP contribution < -0.4 is 10.3 Å². The smallest absolute Gasteiger partial charge is 0.321 e. The van der Waals surface area contributed by atoms with E-state index in [4.69, 9.17) is 4.74 Å². The molecular formula is C16H11N5O2S. The number of nitrogens with zero attached hydrogens (tertiary/aromatic N) is 4. The van der Waals surface area contributed by atoms with Crippen LogP contribution in [0.1, 0.15) is 5.56 Å². The molecule has 0 unspecified atom stereocenters. The molecule has 118 valence electrons. The van der Waals surface area contributed by atoms with E-state index in [0.717, 1.165) is 0 Å². The zero-order valence-electron chi connectivity index (χ0n) is 12.6. The van der Waals surface area contributed by atoms with E-state index in [1.807, 2.05) is 6.07 Å². The van der Waals surface area contributed by atoms with Crippen LogP contribution in [0.5, 0.6) is 11.8 Å². The van der Waals surface area contributed by atoms with E-state index in [2.05, 4.69) is 19.9 Å². The van der Waals surface area contributed by atoms with Gasteiger partial charge in [-0.25, -0.2) is 15.0 Å². The number of rotatable bonds is 4. The maximum absolute atomic E-state index is 12.0. The van der Waals surface area contributed by atoms with Gasteiger partial charge in [0.2, 0.25) is 0 Å². The first-order valence-electron chi connectivity index (χ1n) is 6.85. The van der Waals surface area contributed by atoms with Gasteiger partial charge in [-0.05, 0) is 36.6 Å². The molecule has 1 N–H and O–H groups in total. The summed E-state index contributed by atoms with van der Waals surface area (Å²) in [6.45, 7) is 0. The maximum Gasteiger partial charge on any atom is 0.321 e. The second-order valence-electron chi connectivity index (χ2n) is 4.57. The van der Waals surface area contributed by atoms with Gasteiger partial charge in [-0.1, -0.05) is 11.8 Å². The third-order valence-electron chi connectivity index (χ3n) is 3.08. The number of aromatic amines is 1. The third kappa shape index (κ3) is 3.26. The lowest BCUT2D eigenvalue weighted by Gasteiger charge is -2.07. The number of hydrogen-bond acceptors (Lipinski definition) is 7. The van der Waals surface area contributed by atoms with Gasteiger partial charge in [-0.3, -0.25) is 4.79 Å². The molecule has 3 aromatic rings. The minimum absolute atomic E-state index is 0.0205. The summed E-state index contributed by atoms with van der Waals surface area (Å²) in [7, 11) is 0. The van der Waals surface area contributed by atoms with Gasteiger partial charge in [-0.15, -0.1) is 0 Å². The van der Waals surface area contributed by atoms with E-state index in [0.29, 0.717) is 22.2 Å². The number of aromatic nitrogens is 4. The number of ether oxygens (including phenoxy) is 1. The second-order valence-corrected chi connectivity index (χ2v) is 5.36. The molecule has 0 spiro atoms. The lowest BCUT2D eigenvalue weighted by molar-refractivity contribution is 0.442. The fourth-order valence-electron chi connectivity index (χ4n) is 1.99. The van der Waals surface area contributed by atoms with Gasteiger partial charge in [-0.2, -0.15) is 5.26 Å². The van der Waals surface area contributed by atoms with Crippen molar-refractivity contribution in [2.45, 2.75) is 5.16 Å². The summed E-state index contributed by atoms with van der Waals surface area (Å²) in [4.78, 5) is 26.8. The first-order valence-corrected chi connectivity index (χ1v) is 8.07. The number of hydrogen-bond donors (Lipinski definition) is 1. The molecule has 8 heteroatoms. The predicted octanol–water partition coefficient (Wildman–Crippen LogP) is 2.61. The van der Waals surface area contributed by atoms with Gasteiger partial charge in [0.1, 0.15) is 17.4 Å². The Labute approximate surface area is 141 Å².